The zero-order valence-electron chi connectivity index (χ0n) is 16.0. The Kier molecular flexibility index (Phi) is 7.13. The summed E-state index contributed by atoms with van der Waals surface area (Å²) < 4.78 is 0. The van der Waals surface area contributed by atoms with Crippen LogP contribution in [0, 0.1) is 0 Å². The molecule has 0 bridgehead atoms. The molecule has 0 heterocycles. The molecular weight excluding hydrogens is 340 g/mol. The third-order valence-electron chi connectivity index (χ3n) is 5.46. The van der Waals surface area contributed by atoms with Gasteiger partial charge in [-0.3, -0.25) is 0 Å². The maximum Gasteiger partial charge on any atom is 0.0406 e. The molecule has 1 aliphatic carbocycles. The first-order valence-corrected chi connectivity index (χ1v) is 10.3. The Morgan fingerprint density at radius 2 is 1.27 bits per heavy atom. The summed E-state index contributed by atoms with van der Waals surface area (Å²) in [4.78, 5) is 0. The highest BCUT2D eigenvalue weighted by Gasteiger charge is 2.24. The van der Waals surface area contributed by atoms with Crippen LogP contribution in [0.1, 0.15) is 62.1 Å². The molecule has 140 valence electrons. The SMILES string of the molecule is CC(C)c1ccc(CNC2CCCCC2NCc2ccc(Cl)cc2)cc1. The molecule has 2 aromatic rings. The second-order valence-corrected chi connectivity index (χ2v) is 8.22. The van der Waals surface area contributed by atoms with Crippen molar-refractivity contribution in [1.82, 2.24) is 10.6 Å². The molecule has 0 aromatic heterocycles. The summed E-state index contributed by atoms with van der Waals surface area (Å²) in [5, 5.41) is 8.36. The lowest BCUT2D eigenvalue weighted by Crippen LogP contribution is -2.49. The topological polar surface area (TPSA) is 24.1 Å². The highest BCUT2D eigenvalue weighted by atomic mass is 35.5. The third kappa shape index (κ3) is 5.57. The van der Waals surface area contributed by atoms with Gasteiger partial charge in [-0.05, 0) is 47.6 Å². The van der Waals surface area contributed by atoms with Crippen LogP contribution in [0.4, 0.5) is 0 Å². The largest absolute Gasteiger partial charge is 0.308 e. The zero-order valence-corrected chi connectivity index (χ0v) is 16.7. The normalized spacial score (nSPS) is 20.5. The van der Waals surface area contributed by atoms with E-state index in [9.17, 15) is 0 Å². The van der Waals surface area contributed by atoms with E-state index in [0.29, 0.717) is 18.0 Å². The van der Waals surface area contributed by atoms with E-state index in [1.54, 1.807) is 0 Å². The zero-order chi connectivity index (χ0) is 18.4. The Balaban J connectivity index is 1.52. The molecule has 2 unspecified atom stereocenters. The van der Waals surface area contributed by atoms with Crippen molar-refractivity contribution in [3.8, 4) is 0 Å². The van der Waals surface area contributed by atoms with Crippen LogP contribution in [-0.4, -0.2) is 12.1 Å². The molecule has 0 radical (unpaired) electrons. The first kappa shape index (κ1) is 19.4. The molecule has 1 aliphatic rings. The van der Waals surface area contributed by atoms with Crippen LogP contribution < -0.4 is 10.6 Å². The Labute approximate surface area is 163 Å². The molecule has 0 amide bonds. The second kappa shape index (κ2) is 9.55. The summed E-state index contributed by atoms with van der Waals surface area (Å²) in [6.45, 7) is 6.34. The van der Waals surface area contributed by atoms with Crippen LogP contribution in [0.15, 0.2) is 48.5 Å². The molecule has 26 heavy (non-hydrogen) atoms. The summed E-state index contributed by atoms with van der Waals surface area (Å²) in [5.41, 5.74) is 4.08. The van der Waals surface area contributed by atoms with Gasteiger partial charge in [-0.2, -0.15) is 0 Å². The minimum atomic E-state index is 0.536. The minimum Gasteiger partial charge on any atom is -0.308 e. The predicted molar refractivity (Wildman–Crippen MR) is 112 cm³/mol. The Hall–Kier alpha value is -1.35. The van der Waals surface area contributed by atoms with Crippen LogP contribution in [0.25, 0.3) is 0 Å². The Morgan fingerprint density at radius 1 is 0.808 bits per heavy atom. The van der Waals surface area contributed by atoms with Crippen molar-refractivity contribution < 1.29 is 0 Å². The molecule has 3 heteroatoms. The summed E-state index contributed by atoms with van der Waals surface area (Å²) >= 11 is 5.98. The molecule has 2 nitrogen and oxygen atoms in total. The van der Waals surface area contributed by atoms with E-state index in [2.05, 4.69) is 60.9 Å². The standard InChI is InChI=1S/C23H31ClN2/c1-17(2)20-11-7-18(8-12-20)15-25-22-5-3-4-6-23(22)26-16-19-9-13-21(24)14-10-19/h7-14,17,22-23,25-26H,3-6,15-16H2,1-2H3. The van der Waals surface area contributed by atoms with Crippen molar-refractivity contribution in [2.75, 3.05) is 0 Å². The number of benzene rings is 2. The fraction of sp³-hybridized carbons (Fsp3) is 0.478. The van der Waals surface area contributed by atoms with Gasteiger partial charge >= 0.3 is 0 Å². The highest BCUT2D eigenvalue weighted by molar-refractivity contribution is 6.30. The van der Waals surface area contributed by atoms with E-state index in [0.717, 1.165) is 18.1 Å². The minimum absolute atomic E-state index is 0.536. The molecule has 0 saturated heterocycles. The van der Waals surface area contributed by atoms with E-state index in [1.165, 1.54) is 42.4 Å². The van der Waals surface area contributed by atoms with Gasteiger partial charge in [-0.25, -0.2) is 0 Å². The quantitative estimate of drug-likeness (QED) is 0.657. The molecule has 1 saturated carbocycles. The lowest BCUT2D eigenvalue weighted by atomic mass is 9.90. The number of hydrogen-bond acceptors (Lipinski definition) is 2. The molecule has 0 aliphatic heterocycles. The van der Waals surface area contributed by atoms with Gasteiger partial charge in [-0.15, -0.1) is 0 Å². The fourth-order valence-electron chi connectivity index (χ4n) is 3.74. The van der Waals surface area contributed by atoms with Gasteiger partial charge in [-0.1, -0.05) is 74.7 Å². The van der Waals surface area contributed by atoms with Crippen molar-refractivity contribution in [1.29, 1.82) is 0 Å². The number of nitrogens with one attached hydrogen (secondary N) is 2. The number of rotatable bonds is 7. The molecule has 2 N–H and O–H groups in total. The van der Waals surface area contributed by atoms with Crippen molar-refractivity contribution >= 4 is 11.6 Å². The van der Waals surface area contributed by atoms with Crippen LogP contribution >= 0.6 is 11.6 Å². The Morgan fingerprint density at radius 3 is 1.73 bits per heavy atom. The van der Waals surface area contributed by atoms with E-state index in [4.69, 9.17) is 11.6 Å². The average molecular weight is 371 g/mol. The summed E-state index contributed by atoms with van der Waals surface area (Å²) in [6.07, 6.45) is 5.14. The van der Waals surface area contributed by atoms with Gasteiger partial charge in [0.25, 0.3) is 0 Å². The fourth-order valence-corrected chi connectivity index (χ4v) is 3.87. The van der Waals surface area contributed by atoms with E-state index in [-0.39, 0.29) is 0 Å². The third-order valence-corrected chi connectivity index (χ3v) is 5.71. The summed E-state index contributed by atoms with van der Waals surface area (Å²) in [7, 11) is 0. The first-order chi connectivity index (χ1) is 12.6. The van der Waals surface area contributed by atoms with Crippen LogP contribution in [0.3, 0.4) is 0 Å². The van der Waals surface area contributed by atoms with E-state index in [1.807, 2.05) is 12.1 Å². The van der Waals surface area contributed by atoms with Crippen molar-refractivity contribution in [3.63, 3.8) is 0 Å². The molecule has 2 atom stereocenters. The molecule has 3 rings (SSSR count). The summed E-state index contributed by atoms with van der Waals surface area (Å²) in [5.74, 6) is 0.594. The highest BCUT2D eigenvalue weighted by Crippen LogP contribution is 2.20. The van der Waals surface area contributed by atoms with Crippen LogP contribution in [0.2, 0.25) is 5.02 Å². The monoisotopic (exact) mass is 370 g/mol. The van der Waals surface area contributed by atoms with Crippen molar-refractivity contribution in [3.05, 3.63) is 70.2 Å². The van der Waals surface area contributed by atoms with Gasteiger partial charge in [0.05, 0.1) is 0 Å². The molecular formula is C23H31ClN2. The van der Waals surface area contributed by atoms with Crippen molar-refractivity contribution in [2.24, 2.45) is 0 Å². The van der Waals surface area contributed by atoms with Crippen LogP contribution in [-0.2, 0) is 13.1 Å². The second-order valence-electron chi connectivity index (χ2n) is 7.78. The van der Waals surface area contributed by atoms with Gasteiger partial charge in [0, 0.05) is 30.2 Å². The van der Waals surface area contributed by atoms with E-state index >= 15 is 0 Å². The van der Waals surface area contributed by atoms with E-state index < -0.39 is 0 Å². The lowest BCUT2D eigenvalue weighted by Gasteiger charge is -2.33. The molecule has 0 spiro atoms. The van der Waals surface area contributed by atoms with Crippen LogP contribution in [0.5, 0.6) is 0 Å². The average Bonchev–Trinajstić information content (AvgIpc) is 2.67. The maximum atomic E-state index is 5.98. The Bertz CT molecular complexity index is 664. The molecule has 1 fully saturated rings. The predicted octanol–water partition coefficient (Wildman–Crippen LogP) is 5.65. The first-order valence-electron chi connectivity index (χ1n) is 9.92. The van der Waals surface area contributed by atoms with Gasteiger partial charge in [0.1, 0.15) is 0 Å². The lowest BCUT2D eigenvalue weighted by molar-refractivity contribution is 0.281. The molecule has 2 aromatic carbocycles. The van der Waals surface area contributed by atoms with Gasteiger partial charge in [0.2, 0.25) is 0 Å². The van der Waals surface area contributed by atoms with Gasteiger partial charge in [0.15, 0.2) is 0 Å². The maximum absolute atomic E-state index is 5.98. The summed E-state index contributed by atoms with van der Waals surface area (Å²) in [6, 6.07) is 18.3. The number of hydrogen-bond donors (Lipinski definition) is 2. The van der Waals surface area contributed by atoms with Gasteiger partial charge < -0.3 is 10.6 Å². The smallest absolute Gasteiger partial charge is 0.0406 e. The number of halogens is 1. The van der Waals surface area contributed by atoms with Crippen molar-refractivity contribution in [2.45, 2.75) is 70.6 Å².